The molecule has 0 saturated carbocycles. The molecule has 0 bridgehead atoms. The maximum absolute atomic E-state index is 5.82. The van der Waals surface area contributed by atoms with Gasteiger partial charge in [0.15, 0.2) is 0 Å². The van der Waals surface area contributed by atoms with E-state index in [1.165, 1.54) is 22.9 Å². The number of rotatable bonds is 5. The molecule has 0 spiro atoms. The molecular formula is C20H18N4O2S. The number of aromatic nitrogens is 4. The van der Waals surface area contributed by atoms with Gasteiger partial charge in [0.2, 0.25) is 17.7 Å². The molecule has 1 atom stereocenters. The predicted molar refractivity (Wildman–Crippen MR) is 103 cm³/mol. The van der Waals surface area contributed by atoms with Gasteiger partial charge in [-0.25, -0.2) is 0 Å². The highest BCUT2D eigenvalue weighted by atomic mass is 32.2. The monoisotopic (exact) mass is 378 g/mol. The molecule has 0 aliphatic carbocycles. The van der Waals surface area contributed by atoms with Crippen LogP contribution in [0.4, 0.5) is 0 Å². The summed E-state index contributed by atoms with van der Waals surface area (Å²) in [6.45, 7) is 6.04. The number of thioether (sulfide) groups is 1. The Bertz CT molecular complexity index is 1040. The van der Waals surface area contributed by atoms with Crippen molar-refractivity contribution in [3.8, 4) is 22.9 Å². The van der Waals surface area contributed by atoms with E-state index in [-0.39, 0.29) is 5.25 Å². The molecule has 2 aromatic heterocycles. The van der Waals surface area contributed by atoms with Gasteiger partial charge in [-0.05, 0) is 45.0 Å². The summed E-state index contributed by atoms with van der Waals surface area (Å²) < 4.78 is 11.6. The fourth-order valence-corrected chi connectivity index (χ4v) is 3.20. The van der Waals surface area contributed by atoms with Crippen LogP contribution in [0.25, 0.3) is 22.9 Å². The first-order valence-corrected chi connectivity index (χ1v) is 9.44. The van der Waals surface area contributed by atoms with Gasteiger partial charge in [-0.2, -0.15) is 0 Å². The molecule has 0 N–H and O–H groups in total. The van der Waals surface area contributed by atoms with E-state index in [1.54, 1.807) is 0 Å². The van der Waals surface area contributed by atoms with Gasteiger partial charge in [-0.3, -0.25) is 0 Å². The van der Waals surface area contributed by atoms with Crippen molar-refractivity contribution in [2.75, 3.05) is 0 Å². The van der Waals surface area contributed by atoms with E-state index in [4.69, 9.17) is 8.83 Å². The van der Waals surface area contributed by atoms with E-state index in [9.17, 15) is 0 Å². The SMILES string of the molecule is Cc1ccc(-c2nnc(SC(C)c3nnc(-c4ccc(C)cc4)o3)o2)cc1. The Kier molecular flexibility index (Phi) is 4.77. The fourth-order valence-electron chi connectivity index (χ4n) is 2.48. The third-order valence-corrected chi connectivity index (χ3v) is 4.99. The molecule has 27 heavy (non-hydrogen) atoms. The lowest BCUT2D eigenvalue weighted by Crippen LogP contribution is -1.88. The van der Waals surface area contributed by atoms with E-state index >= 15 is 0 Å². The van der Waals surface area contributed by atoms with Gasteiger partial charge in [0.1, 0.15) is 0 Å². The van der Waals surface area contributed by atoms with Crippen LogP contribution in [0.1, 0.15) is 29.2 Å². The maximum atomic E-state index is 5.82. The first kappa shape index (κ1) is 17.5. The van der Waals surface area contributed by atoms with Crippen molar-refractivity contribution in [3.05, 3.63) is 65.5 Å². The Morgan fingerprint density at radius 2 is 1.22 bits per heavy atom. The minimum atomic E-state index is -0.108. The summed E-state index contributed by atoms with van der Waals surface area (Å²) in [6, 6.07) is 15.9. The average Bonchev–Trinajstić information content (AvgIpc) is 3.33. The Morgan fingerprint density at radius 3 is 1.81 bits per heavy atom. The van der Waals surface area contributed by atoms with Crippen LogP contribution in [-0.4, -0.2) is 20.4 Å². The van der Waals surface area contributed by atoms with Gasteiger partial charge < -0.3 is 8.83 Å². The second kappa shape index (κ2) is 7.36. The molecule has 1 unspecified atom stereocenters. The van der Waals surface area contributed by atoms with Gasteiger partial charge in [-0.1, -0.05) is 47.2 Å². The highest BCUT2D eigenvalue weighted by Gasteiger charge is 2.19. The van der Waals surface area contributed by atoms with Crippen molar-refractivity contribution in [2.45, 2.75) is 31.2 Å². The first-order chi connectivity index (χ1) is 13.1. The molecule has 0 saturated heterocycles. The summed E-state index contributed by atoms with van der Waals surface area (Å²) in [7, 11) is 0. The lowest BCUT2D eigenvalue weighted by atomic mass is 10.1. The number of hydrogen-bond acceptors (Lipinski definition) is 7. The zero-order valence-corrected chi connectivity index (χ0v) is 16.0. The average molecular weight is 378 g/mol. The maximum Gasteiger partial charge on any atom is 0.277 e. The Morgan fingerprint density at radius 1 is 0.704 bits per heavy atom. The number of benzene rings is 2. The number of nitrogens with zero attached hydrogens (tertiary/aromatic N) is 4. The van der Waals surface area contributed by atoms with Crippen molar-refractivity contribution < 1.29 is 8.83 Å². The second-order valence-corrected chi connectivity index (χ2v) is 7.60. The molecule has 0 aliphatic rings. The van der Waals surface area contributed by atoms with Crippen LogP contribution in [0.5, 0.6) is 0 Å². The zero-order valence-electron chi connectivity index (χ0n) is 15.2. The molecule has 0 amide bonds. The zero-order chi connectivity index (χ0) is 18.8. The highest BCUT2D eigenvalue weighted by molar-refractivity contribution is 7.99. The highest BCUT2D eigenvalue weighted by Crippen LogP contribution is 2.35. The van der Waals surface area contributed by atoms with Crippen LogP contribution in [0.3, 0.4) is 0 Å². The quantitative estimate of drug-likeness (QED) is 0.438. The summed E-state index contributed by atoms with van der Waals surface area (Å²) >= 11 is 1.39. The molecule has 136 valence electrons. The van der Waals surface area contributed by atoms with Gasteiger partial charge in [0.05, 0.1) is 5.25 Å². The molecule has 0 fully saturated rings. The first-order valence-electron chi connectivity index (χ1n) is 8.56. The molecule has 2 heterocycles. The topological polar surface area (TPSA) is 77.8 Å². The van der Waals surface area contributed by atoms with Crippen LogP contribution < -0.4 is 0 Å². The summed E-state index contributed by atoms with van der Waals surface area (Å²) in [4.78, 5) is 0. The molecule has 0 radical (unpaired) electrons. The van der Waals surface area contributed by atoms with Crippen molar-refractivity contribution in [2.24, 2.45) is 0 Å². The van der Waals surface area contributed by atoms with E-state index in [0.717, 1.165) is 11.1 Å². The van der Waals surface area contributed by atoms with Gasteiger partial charge in [0.25, 0.3) is 5.22 Å². The third kappa shape index (κ3) is 3.93. The van der Waals surface area contributed by atoms with E-state index in [1.807, 2.05) is 69.3 Å². The van der Waals surface area contributed by atoms with Crippen LogP contribution in [-0.2, 0) is 0 Å². The van der Waals surface area contributed by atoms with E-state index in [2.05, 4.69) is 20.4 Å². The predicted octanol–water partition coefficient (Wildman–Crippen LogP) is 5.26. The Balaban J connectivity index is 1.47. The summed E-state index contributed by atoms with van der Waals surface area (Å²) in [6.07, 6.45) is 0. The lowest BCUT2D eigenvalue weighted by Gasteiger charge is -2.02. The normalized spacial score (nSPS) is 12.3. The Hall–Kier alpha value is -2.93. The van der Waals surface area contributed by atoms with Crippen LogP contribution in [0.2, 0.25) is 0 Å². The van der Waals surface area contributed by atoms with Crippen molar-refractivity contribution >= 4 is 11.8 Å². The molecule has 4 rings (SSSR count). The summed E-state index contributed by atoms with van der Waals surface area (Å²) in [5.74, 6) is 1.52. The molecule has 7 heteroatoms. The minimum Gasteiger partial charge on any atom is -0.419 e. The molecular weight excluding hydrogens is 360 g/mol. The van der Waals surface area contributed by atoms with Crippen molar-refractivity contribution in [1.82, 2.24) is 20.4 Å². The molecule has 0 aliphatic heterocycles. The smallest absolute Gasteiger partial charge is 0.277 e. The third-order valence-electron chi connectivity index (χ3n) is 4.07. The lowest BCUT2D eigenvalue weighted by molar-refractivity contribution is 0.461. The van der Waals surface area contributed by atoms with Crippen molar-refractivity contribution in [3.63, 3.8) is 0 Å². The minimum absolute atomic E-state index is 0.108. The second-order valence-electron chi connectivity index (χ2n) is 6.31. The largest absolute Gasteiger partial charge is 0.419 e. The van der Waals surface area contributed by atoms with Gasteiger partial charge >= 0.3 is 0 Å². The number of hydrogen-bond donors (Lipinski definition) is 0. The van der Waals surface area contributed by atoms with E-state index < -0.39 is 0 Å². The fraction of sp³-hybridized carbons (Fsp3) is 0.200. The van der Waals surface area contributed by atoms with Crippen LogP contribution in [0, 0.1) is 13.8 Å². The Labute approximate surface area is 161 Å². The van der Waals surface area contributed by atoms with Crippen LogP contribution >= 0.6 is 11.8 Å². The standard InChI is InChI=1S/C20H18N4O2S/c1-12-4-8-15(9-5-12)18-22-21-17(25-18)14(3)27-20-24-23-19(26-20)16-10-6-13(2)7-11-16/h4-11,14H,1-3H3. The molecule has 4 aromatic rings. The summed E-state index contributed by atoms with van der Waals surface area (Å²) in [5, 5.41) is 16.9. The van der Waals surface area contributed by atoms with E-state index in [0.29, 0.717) is 22.9 Å². The van der Waals surface area contributed by atoms with Crippen LogP contribution in [0.15, 0.2) is 62.6 Å². The summed E-state index contributed by atoms with van der Waals surface area (Å²) in [5.41, 5.74) is 4.16. The van der Waals surface area contributed by atoms with Crippen molar-refractivity contribution in [1.29, 1.82) is 0 Å². The number of aryl methyl sites for hydroxylation is 2. The van der Waals surface area contributed by atoms with Gasteiger partial charge in [0, 0.05) is 11.1 Å². The molecule has 2 aromatic carbocycles. The van der Waals surface area contributed by atoms with Gasteiger partial charge in [-0.15, -0.1) is 20.4 Å². The molecule has 6 nitrogen and oxygen atoms in total.